The molecule has 0 aromatic heterocycles. The zero-order valence-electron chi connectivity index (χ0n) is 7.06. The van der Waals surface area contributed by atoms with E-state index in [-0.39, 0.29) is 11.7 Å². The van der Waals surface area contributed by atoms with Crippen molar-refractivity contribution in [2.24, 2.45) is 0 Å². The number of fused-ring (bicyclic) bond motifs is 1. The van der Waals surface area contributed by atoms with Crippen molar-refractivity contribution >= 4 is 18.0 Å². The number of aldehydes is 1. The van der Waals surface area contributed by atoms with Crippen LogP contribution >= 0.6 is 11.8 Å². The average Bonchev–Trinajstić information content (AvgIpc) is 2.17. The van der Waals surface area contributed by atoms with E-state index in [4.69, 9.17) is 0 Å². The smallest absolute Gasteiger partial charge is 0.127 e. The zero-order chi connectivity index (χ0) is 9.26. The van der Waals surface area contributed by atoms with Gasteiger partial charge in [0, 0.05) is 10.8 Å². The summed E-state index contributed by atoms with van der Waals surface area (Å²) >= 11 is 1.75. The van der Waals surface area contributed by atoms with Crippen molar-refractivity contribution in [1.82, 2.24) is 0 Å². The summed E-state index contributed by atoms with van der Waals surface area (Å²) in [6, 6.07) is 5.24. The van der Waals surface area contributed by atoms with Crippen LogP contribution in [0.3, 0.4) is 0 Å². The van der Waals surface area contributed by atoms with E-state index in [1.165, 1.54) is 0 Å². The van der Waals surface area contributed by atoms with Gasteiger partial charge in [0.05, 0.1) is 0 Å². The van der Waals surface area contributed by atoms with E-state index in [0.29, 0.717) is 0 Å². The minimum atomic E-state index is -0.0247. The highest BCUT2D eigenvalue weighted by atomic mass is 32.2. The van der Waals surface area contributed by atoms with Gasteiger partial charge in [-0.25, -0.2) is 0 Å². The van der Waals surface area contributed by atoms with Gasteiger partial charge in [0.15, 0.2) is 0 Å². The van der Waals surface area contributed by atoms with Crippen molar-refractivity contribution in [3.8, 4) is 5.75 Å². The second-order valence-electron chi connectivity index (χ2n) is 3.10. The summed E-state index contributed by atoms with van der Waals surface area (Å²) in [6.45, 7) is 0. The third-order valence-corrected chi connectivity index (χ3v) is 3.37. The average molecular weight is 194 g/mol. The quantitative estimate of drug-likeness (QED) is 0.696. The summed E-state index contributed by atoms with van der Waals surface area (Å²) < 4.78 is 0. The molecule has 1 unspecified atom stereocenters. The lowest BCUT2D eigenvalue weighted by atomic mass is 9.97. The van der Waals surface area contributed by atoms with E-state index >= 15 is 0 Å². The first kappa shape index (κ1) is 8.63. The van der Waals surface area contributed by atoms with Crippen LogP contribution in [0.1, 0.15) is 17.9 Å². The Morgan fingerprint density at radius 1 is 1.54 bits per heavy atom. The van der Waals surface area contributed by atoms with Gasteiger partial charge in [-0.1, -0.05) is 0 Å². The van der Waals surface area contributed by atoms with Crippen LogP contribution in [0, 0.1) is 0 Å². The normalized spacial score (nSPS) is 20.8. The van der Waals surface area contributed by atoms with Gasteiger partial charge in [-0.05, 0) is 35.9 Å². The van der Waals surface area contributed by atoms with Crippen molar-refractivity contribution < 1.29 is 9.90 Å². The number of thioether (sulfide) groups is 1. The van der Waals surface area contributed by atoms with E-state index in [1.807, 2.05) is 6.07 Å². The van der Waals surface area contributed by atoms with Gasteiger partial charge in [-0.3, -0.25) is 0 Å². The Hall–Kier alpha value is -0.960. The molecular formula is C10H10O2S. The van der Waals surface area contributed by atoms with Gasteiger partial charge in [0.25, 0.3) is 0 Å². The van der Waals surface area contributed by atoms with E-state index in [2.05, 4.69) is 0 Å². The topological polar surface area (TPSA) is 37.3 Å². The third-order valence-electron chi connectivity index (χ3n) is 2.24. The monoisotopic (exact) mass is 194 g/mol. The fourth-order valence-electron chi connectivity index (χ4n) is 1.55. The van der Waals surface area contributed by atoms with Crippen LogP contribution in [0.15, 0.2) is 23.1 Å². The Bertz CT molecular complexity index is 336. The lowest BCUT2D eigenvalue weighted by Gasteiger charge is -2.20. The second kappa shape index (κ2) is 3.42. The molecule has 0 saturated heterocycles. The van der Waals surface area contributed by atoms with Crippen LogP contribution in [-0.2, 0) is 4.79 Å². The van der Waals surface area contributed by atoms with Crippen LogP contribution in [0.4, 0.5) is 0 Å². The summed E-state index contributed by atoms with van der Waals surface area (Å²) in [5.41, 5.74) is 0.978. The van der Waals surface area contributed by atoms with Crippen molar-refractivity contribution in [2.45, 2.75) is 17.2 Å². The first-order valence-electron chi connectivity index (χ1n) is 4.22. The Labute approximate surface area is 81.0 Å². The number of phenolic OH excluding ortho intramolecular Hbond substituents is 1. The van der Waals surface area contributed by atoms with Crippen molar-refractivity contribution in [3.63, 3.8) is 0 Å². The number of hydrogen-bond acceptors (Lipinski definition) is 3. The van der Waals surface area contributed by atoms with Crippen molar-refractivity contribution in [1.29, 1.82) is 0 Å². The van der Waals surface area contributed by atoms with Crippen molar-refractivity contribution in [3.05, 3.63) is 23.8 Å². The maximum atomic E-state index is 10.7. The van der Waals surface area contributed by atoms with E-state index in [9.17, 15) is 9.90 Å². The largest absolute Gasteiger partial charge is 0.508 e. The molecule has 2 nitrogen and oxygen atoms in total. The van der Waals surface area contributed by atoms with Gasteiger partial charge >= 0.3 is 0 Å². The fourth-order valence-corrected chi connectivity index (χ4v) is 2.68. The van der Waals surface area contributed by atoms with E-state index < -0.39 is 0 Å². The Morgan fingerprint density at radius 2 is 2.38 bits per heavy atom. The molecule has 0 spiro atoms. The summed E-state index contributed by atoms with van der Waals surface area (Å²) in [4.78, 5) is 11.9. The molecule has 1 aliphatic heterocycles. The first-order valence-corrected chi connectivity index (χ1v) is 5.21. The predicted molar refractivity (Wildman–Crippen MR) is 52.3 cm³/mol. The molecule has 0 bridgehead atoms. The molecule has 1 N–H and O–H groups in total. The highest BCUT2D eigenvalue weighted by Gasteiger charge is 2.20. The summed E-state index contributed by atoms with van der Waals surface area (Å²) in [5, 5.41) is 9.28. The van der Waals surface area contributed by atoms with Gasteiger partial charge in [-0.15, -0.1) is 11.8 Å². The molecule has 0 aliphatic carbocycles. The lowest BCUT2D eigenvalue weighted by Crippen LogP contribution is -2.08. The standard InChI is InChI=1S/C10H10O2S/c11-6-7-3-4-13-10-2-1-8(12)5-9(7)10/h1-2,5-7,12H,3-4H2. The maximum absolute atomic E-state index is 10.7. The molecule has 68 valence electrons. The Kier molecular flexibility index (Phi) is 2.27. The van der Waals surface area contributed by atoms with Crippen LogP contribution in [-0.4, -0.2) is 17.1 Å². The predicted octanol–water partition coefficient (Wildman–Crippen LogP) is 2.17. The first-order chi connectivity index (χ1) is 6.31. The van der Waals surface area contributed by atoms with Gasteiger partial charge in [-0.2, -0.15) is 0 Å². The Morgan fingerprint density at radius 3 is 3.15 bits per heavy atom. The number of benzene rings is 1. The SMILES string of the molecule is O=CC1CCSc2ccc(O)cc21. The third kappa shape index (κ3) is 1.56. The minimum absolute atomic E-state index is 0.0247. The number of carbonyl (C=O) groups excluding carboxylic acids is 1. The molecule has 0 radical (unpaired) electrons. The molecule has 1 aromatic carbocycles. The fraction of sp³-hybridized carbons (Fsp3) is 0.300. The summed E-state index contributed by atoms with van der Waals surface area (Å²) in [7, 11) is 0. The number of aromatic hydroxyl groups is 1. The second-order valence-corrected chi connectivity index (χ2v) is 4.24. The van der Waals surface area contributed by atoms with Crippen LogP contribution in [0.2, 0.25) is 0 Å². The molecule has 1 heterocycles. The molecule has 0 saturated carbocycles. The molecule has 13 heavy (non-hydrogen) atoms. The number of carbonyl (C=O) groups is 1. The van der Waals surface area contributed by atoms with Gasteiger partial charge < -0.3 is 9.90 Å². The highest BCUT2D eigenvalue weighted by Crippen LogP contribution is 2.37. The Balaban J connectivity index is 2.47. The van der Waals surface area contributed by atoms with E-state index in [1.54, 1.807) is 23.9 Å². The maximum Gasteiger partial charge on any atom is 0.127 e. The van der Waals surface area contributed by atoms with Crippen LogP contribution in [0.5, 0.6) is 5.75 Å². The molecule has 0 amide bonds. The van der Waals surface area contributed by atoms with Crippen LogP contribution < -0.4 is 0 Å². The number of rotatable bonds is 1. The minimum Gasteiger partial charge on any atom is -0.508 e. The van der Waals surface area contributed by atoms with Crippen LogP contribution in [0.25, 0.3) is 0 Å². The zero-order valence-corrected chi connectivity index (χ0v) is 7.88. The molecule has 1 atom stereocenters. The molecule has 3 heteroatoms. The van der Waals surface area contributed by atoms with Gasteiger partial charge in [0.1, 0.15) is 12.0 Å². The molecule has 0 fully saturated rings. The van der Waals surface area contributed by atoms with Crippen molar-refractivity contribution in [2.75, 3.05) is 5.75 Å². The summed E-state index contributed by atoms with van der Waals surface area (Å²) in [5.74, 6) is 1.21. The molecular weight excluding hydrogens is 184 g/mol. The summed E-state index contributed by atoms with van der Waals surface area (Å²) in [6.07, 6.45) is 1.85. The number of phenols is 1. The lowest BCUT2D eigenvalue weighted by molar-refractivity contribution is -0.109. The molecule has 1 aliphatic rings. The van der Waals surface area contributed by atoms with E-state index in [0.717, 1.165) is 28.9 Å². The van der Waals surface area contributed by atoms with Gasteiger partial charge in [0.2, 0.25) is 0 Å². The molecule has 1 aromatic rings. The highest BCUT2D eigenvalue weighted by molar-refractivity contribution is 7.99. The molecule has 2 rings (SSSR count). The number of hydrogen-bond donors (Lipinski definition) is 1.